The van der Waals surface area contributed by atoms with Crippen molar-refractivity contribution >= 4 is 17.8 Å². The van der Waals surface area contributed by atoms with E-state index in [-0.39, 0.29) is 18.2 Å². The van der Waals surface area contributed by atoms with Crippen molar-refractivity contribution in [1.29, 1.82) is 0 Å². The zero-order valence-corrected chi connectivity index (χ0v) is 14.6. The van der Waals surface area contributed by atoms with Crippen LogP contribution in [-0.4, -0.2) is 55.0 Å². The molecule has 0 unspecified atom stereocenters. The summed E-state index contributed by atoms with van der Waals surface area (Å²) in [4.78, 5) is 38.4. The van der Waals surface area contributed by atoms with Crippen molar-refractivity contribution in [2.75, 3.05) is 26.3 Å². The summed E-state index contributed by atoms with van der Waals surface area (Å²) in [5.74, 6) is -0.530. The highest BCUT2D eigenvalue weighted by Crippen LogP contribution is 2.18. The molecule has 1 aromatic rings. The SMILES string of the molecule is CCCOC(=O)C[C@H]1C(=O)NCCN1C(=O)c1cccc(OCC)c1. The Morgan fingerprint density at radius 1 is 1.32 bits per heavy atom. The van der Waals surface area contributed by atoms with Gasteiger partial charge in [0.1, 0.15) is 11.8 Å². The Hall–Kier alpha value is -2.57. The van der Waals surface area contributed by atoms with E-state index in [2.05, 4.69) is 5.32 Å². The van der Waals surface area contributed by atoms with Crippen LogP contribution in [-0.2, 0) is 14.3 Å². The molecule has 0 bridgehead atoms. The number of nitrogens with one attached hydrogen (secondary N) is 1. The molecule has 1 atom stereocenters. The molecule has 0 aromatic heterocycles. The predicted octanol–water partition coefficient (Wildman–Crippen LogP) is 1.37. The number of rotatable bonds is 7. The molecule has 7 nitrogen and oxygen atoms in total. The Morgan fingerprint density at radius 2 is 2.12 bits per heavy atom. The minimum absolute atomic E-state index is 0.150. The topological polar surface area (TPSA) is 84.9 Å². The van der Waals surface area contributed by atoms with E-state index in [0.717, 1.165) is 0 Å². The number of carbonyl (C=O) groups is 3. The van der Waals surface area contributed by atoms with Gasteiger partial charge in [-0.2, -0.15) is 0 Å². The Bertz CT molecular complexity index is 632. The van der Waals surface area contributed by atoms with Crippen LogP contribution in [0, 0.1) is 0 Å². The number of benzene rings is 1. The second kappa shape index (κ2) is 9.05. The fourth-order valence-electron chi connectivity index (χ4n) is 2.64. The Balaban J connectivity index is 2.15. The zero-order chi connectivity index (χ0) is 18.2. The van der Waals surface area contributed by atoms with Gasteiger partial charge < -0.3 is 19.7 Å². The largest absolute Gasteiger partial charge is 0.494 e. The molecule has 1 fully saturated rings. The summed E-state index contributed by atoms with van der Waals surface area (Å²) >= 11 is 0. The van der Waals surface area contributed by atoms with E-state index in [1.807, 2.05) is 13.8 Å². The van der Waals surface area contributed by atoms with Crippen LogP contribution in [0.15, 0.2) is 24.3 Å². The molecule has 0 radical (unpaired) electrons. The molecule has 7 heteroatoms. The van der Waals surface area contributed by atoms with Gasteiger partial charge in [0.15, 0.2) is 0 Å². The maximum absolute atomic E-state index is 12.8. The van der Waals surface area contributed by atoms with Gasteiger partial charge in [0, 0.05) is 18.7 Å². The molecule has 25 heavy (non-hydrogen) atoms. The molecule has 2 amide bonds. The van der Waals surface area contributed by atoms with Crippen LogP contribution in [0.25, 0.3) is 0 Å². The molecule has 0 spiro atoms. The number of hydrogen-bond donors (Lipinski definition) is 1. The van der Waals surface area contributed by atoms with Gasteiger partial charge in [-0.25, -0.2) is 0 Å². The van der Waals surface area contributed by atoms with Gasteiger partial charge in [-0.1, -0.05) is 13.0 Å². The fraction of sp³-hybridized carbons (Fsp3) is 0.500. The van der Waals surface area contributed by atoms with Crippen LogP contribution >= 0.6 is 0 Å². The van der Waals surface area contributed by atoms with Crippen LogP contribution in [0.4, 0.5) is 0 Å². The molecule has 1 aliphatic heterocycles. The number of carbonyl (C=O) groups excluding carboxylic acids is 3. The van der Waals surface area contributed by atoms with Crippen molar-refractivity contribution in [2.24, 2.45) is 0 Å². The average Bonchev–Trinajstić information content (AvgIpc) is 2.61. The number of amides is 2. The average molecular weight is 348 g/mol. The summed E-state index contributed by atoms with van der Waals surface area (Å²) in [6.07, 6.45) is 0.554. The fourth-order valence-corrected chi connectivity index (χ4v) is 2.64. The molecule has 1 aliphatic rings. The number of esters is 1. The van der Waals surface area contributed by atoms with Gasteiger partial charge >= 0.3 is 5.97 Å². The monoisotopic (exact) mass is 348 g/mol. The van der Waals surface area contributed by atoms with Crippen LogP contribution in [0.1, 0.15) is 37.0 Å². The predicted molar refractivity (Wildman–Crippen MR) is 91.3 cm³/mol. The molecular formula is C18H24N2O5. The quantitative estimate of drug-likeness (QED) is 0.752. The maximum Gasteiger partial charge on any atom is 0.308 e. The van der Waals surface area contributed by atoms with Crippen molar-refractivity contribution in [3.8, 4) is 5.75 Å². The lowest BCUT2D eigenvalue weighted by atomic mass is 10.1. The molecule has 0 aliphatic carbocycles. The van der Waals surface area contributed by atoms with Crippen LogP contribution in [0.3, 0.4) is 0 Å². The second-order valence-corrected chi connectivity index (χ2v) is 5.69. The van der Waals surface area contributed by atoms with Crippen molar-refractivity contribution in [3.63, 3.8) is 0 Å². The molecule has 1 aromatic carbocycles. The van der Waals surface area contributed by atoms with E-state index in [9.17, 15) is 14.4 Å². The molecule has 1 N–H and O–H groups in total. The zero-order valence-electron chi connectivity index (χ0n) is 14.6. The summed E-state index contributed by atoms with van der Waals surface area (Å²) in [6.45, 7) is 5.25. The Labute approximate surface area is 147 Å². The maximum atomic E-state index is 12.8. The standard InChI is InChI=1S/C18H24N2O5/c1-3-10-25-16(21)12-15-17(22)19-8-9-20(15)18(23)13-6-5-7-14(11-13)24-4-2/h5-7,11,15H,3-4,8-10,12H2,1-2H3,(H,19,22)/t15-/m0/s1. The summed E-state index contributed by atoms with van der Waals surface area (Å²) in [6, 6.07) is 5.95. The number of ether oxygens (including phenoxy) is 2. The number of piperazine rings is 1. The lowest BCUT2D eigenvalue weighted by Gasteiger charge is -2.34. The molecule has 0 saturated carbocycles. The first-order valence-electron chi connectivity index (χ1n) is 8.54. The third-order valence-electron chi connectivity index (χ3n) is 3.81. The molecular weight excluding hydrogens is 324 g/mol. The Morgan fingerprint density at radius 3 is 2.84 bits per heavy atom. The van der Waals surface area contributed by atoms with Crippen LogP contribution in [0.5, 0.6) is 5.75 Å². The van der Waals surface area contributed by atoms with Gasteiger partial charge in [0.25, 0.3) is 5.91 Å². The van der Waals surface area contributed by atoms with Gasteiger partial charge in [0.2, 0.25) is 5.91 Å². The summed E-state index contributed by atoms with van der Waals surface area (Å²) in [7, 11) is 0. The van der Waals surface area contributed by atoms with E-state index in [1.165, 1.54) is 4.90 Å². The highest BCUT2D eigenvalue weighted by Gasteiger charge is 2.35. The minimum Gasteiger partial charge on any atom is -0.494 e. The van der Waals surface area contributed by atoms with Crippen molar-refractivity contribution in [1.82, 2.24) is 10.2 Å². The van der Waals surface area contributed by atoms with Crippen LogP contribution < -0.4 is 10.1 Å². The summed E-state index contributed by atoms with van der Waals surface area (Å²) in [5.41, 5.74) is 0.424. The lowest BCUT2D eigenvalue weighted by Crippen LogP contribution is -2.57. The van der Waals surface area contributed by atoms with E-state index in [0.29, 0.717) is 44.0 Å². The molecule has 2 rings (SSSR count). The van der Waals surface area contributed by atoms with E-state index in [1.54, 1.807) is 24.3 Å². The third kappa shape index (κ3) is 4.95. The number of nitrogens with zero attached hydrogens (tertiary/aromatic N) is 1. The lowest BCUT2D eigenvalue weighted by molar-refractivity contribution is -0.147. The van der Waals surface area contributed by atoms with Crippen molar-refractivity contribution in [2.45, 2.75) is 32.7 Å². The first-order chi connectivity index (χ1) is 12.1. The smallest absolute Gasteiger partial charge is 0.308 e. The van der Waals surface area contributed by atoms with Gasteiger partial charge in [-0.15, -0.1) is 0 Å². The second-order valence-electron chi connectivity index (χ2n) is 5.69. The van der Waals surface area contributed by atoms with Gasteiger partial charge in [0.05, 0.1) is 19.6 Å². The van der Waals surface area contributed by atoms with Crippen molar-refractivity contribution in [3.05, 3.63) is 29.8 Å². The van der Waals surface area contributed by atoms with Gasteiger partial charge in [-0.3, -0.25) is 14.4 Å². The molecule has 1 saturated heterocycles. The highest BCUT2D eigenvalue weighted by molar-refractivity contribution is 5.99. The Kier molecular flexibility index (Phi) is 6.80. The van der Waals surface area contributed by atoms with Gasteiger partial charge in [-0.05, 0) is 31.5 Å². The third-order valence-corrected chi connectivity index (χ3v) is 3.81. The first kappa shape index (κ1) is 18.8. The number of hydrogen-bond acceptors (Lipinski definition) is 5. The van der Waals surface area contributed by atoms with E-state index < -0.39 is 12.0 Å². The van der Waals surface area contributed by atoms with Crippen LogP contribution in [0.2, 0.25) is 0 Å². The van der Waals surface area contributed by atoms with Crippen molar-refractivity contribution < 1.29 is 23.9 Å². The summed E-state index contributed by atoms with van der Waals surface area (Å²) < 4.78 is 10.5. The molecule has 136 valence electrons. The molecule has 1 heterocycles. The van der Waals surface area contributed by atoms with E-state index in [4.69, 9.17) is 9.47 Å². The summed E-state index contributed by atoms with van der Waals surface area (Å²) in [5, 5.41) is 2.70. The normalized spacial score (nSPS) is 17.0. The minimum atomic E-state index is -0.860. The highest BCUT2D eigenvalue weighted by atomic mass is 16.5. The first-order valence-corrected chi connectivity index (χ1v) is 8.54. The van der Waals surface area contributed by atoms with E-state index >= 15 is 0 Å².